The second kappa shape index (κ2) is 8.73. The molecule has 0 saturated carbocycles. The van der Waals surface area contributed by atoms with Gasteiger partial charge in [0, 0.05) is 11.1 Å². The molecule has 1 unspecified atom stereocenters. The maximum absolute atomic E-state index is 13.9. The van der Waals surface area contributed by atoms with Crippen molar-refractivity contribution in [2.45, 2.75) is 10.6 Å². The highest BCUT2D eigenvalue weighted by Crippen LogP contribution is 2.26. The van der Waals surface area contributed by atoms with Crippen LogP contribution >= 0.6 is 0 Å². The normalized spacial score (nSPS) is 12.4. The molecule has 0 heterocycles. The van der Waals surface area contributed by atoms with Crippen LogP contribution in [0.25, 0.3) is 11.1 Å². The van der Waals surface area contributed by atoms with Crippen molar-refractivity contribution in [3.8, 4) is 22.3 Å². The molecule has 0 aromatic heterocycles. The average molecular weight is 394 g/mol. The number of benzene rings is 4. The first-order valence-corrected chi connectivity index (χ1v) is 11.2. The van der Waals surface area contributed by atoms with Crippen LogP contribution in [0.3, 0.4) is 0 Å². The summed E-state index contributed by atoms with van der Waals surface area (Å²) in [7, 11) is -2.56. The van der Waals surface area contributed by atoms with Gasteiger partial charge in [-0.2, -0.15) is 0 Å². The minimum Gasteiger partial charge on any atom is -0.0836 e. The fourth-order valence-corrected chi connectivity index (χ4v) is 5.04. The topological polar surface area (TPSA) is 17.1 Å². The third-order valence-electron chi connectivity index (χ3n) is 4.69. The number of hydrogen-bond donors (Lipinski definition) is 0. The fraction of sp³-hybridized carbons (Fsp3) is 0.0370. The van der Waals surface area contributed by atoms with Gasteiger partial charge in [0.15, 0.2) is 25.8 Å². The Kier molecular flexibility index (Phi) is 5.70. The first kappa shape index (κ1) is 18.9. The third-order valence-corrected chi connectivity index (χ3v) is 6.89. The maximum Gasteiger partial charge on any atom is 0.197 e. The van der Waals surface area contributed by atoms with Crippen LogP contribution < -0.4 is 0 Å². The second-order valence-electron chi connectivity index (χ2n) is 6.79. The zero-order valence-electron chi connectivity index (χ0n) is 16.0. The van der Waals surface area contributed by atoms with E-state index in [1.54, 1.807) is 0 Å². The van der Waals surface area contributed by atoms with Crippen LogP contribution in [0.2, 0.25) is 0 Å². The highest BCUT2D eigenvalue weighted by Gasteiger charge is 2.30. The molecular weight excluding hydrogens is 372 g/mol. The average Bonchev–Trinajstić information content (AvgIpc) is 2.80. The second-order valence-corrected chi connectivity index (χ2v) is 9.10. The lowest BCUT2D eigenvalue weighted by molar-refractivity contribution is 0.590. The monoisotopic (exact) mass is 393 g/mol. The van der Waals surface area contributed by atoms with Gasteiger partial charge in [0.2, 0.25) is 0 Å². The zero-order valence-corrected chi connectivity index (χ0v) is 16.8. The summed E-state index contributed by atoms with van der Waals surface area (Å²) in [6.45, 7) is 0. The van der Waals surface area contributed by atoms with Crippen molar-refractivity contribution in [3.63, 3.8) is 0 Å². The van der Waals surface area contributed by atoms with Gasteiger partial charge in [0.1, 0.15) is 0 Å². The van der Waals surface area contributed by atoms with Crippen molar-refractivity contribution in [2.24, 2.45) is 0 Å². The number of rotatable bonds is 4. The molecule has 0 fully saturated rings. The van der Waals surface area contributed by atoms with Gasteiger partial charge in [-0.15, -0.1) is 0 Å². The lowest BCUT2D eigenvalue weighted by atomic mass is 10.0. The van der Waals surface area contributed by atoms with Crippen LogP contribution in [-0.2, 0) is 19.9 Å². The van der Waals surface area contributed by atoms with Crippen molar-refractivity contribution in [1.82, 2.24) is 0 Å². The van der Waals surface area contributed by atoms with E-state index in [1.165, 1.54) is 5.56 Å². The largest absolute Gasteiger partial charge is 0.197 e. The summed E-state index contributed by atoms with van der Waals surface area (Å²) in [5.41, 5.74) is 4.21. The van der Waals surface area contributed by atoms with Crippen molar-refractivity contribution in [3.05, 3.63) is 126 Å². The molecule has 4 aromatic carbocycles. The van der Waals surface area contributed by atoms with Crippen LogP contribution in [0.5, 0.6) is 0 Å². The molecule has 4 rings (SSSR count). The van der Waals surface area contributed by atoms with E-state index in [0.717, 1.165) is 21.6 Å². The molecule has 4 aromatic rings. The molecule has 0 radical (unpaired) electrons. The Morgan fingerprint density at radius 2 is 1.10 bits per heavy atom. The molecule has 2 heteroatoms. The predicted molar refractivity (Wildman–Crippen MR) is 122 cm³/mol. The van der Waals surface area contributed by atoms with Crippen LogP contribution in [0, 0.1) is 11.2 Å². The third kappa shape index (κ3) is 4.71. The van der Waals surface area contributed by atoms with Gasteiger partial charge in [-0.1, -0.05) is 95.2 Å². The molecule has 0 spiro atoms. The summed E-state index contributed by atoms with van der Waals surface area (Å²) in [6, 6.07) is 37.8. The summed E-state index contributed by atoms with van der Waals surface area (Å²) in [4.78, 5) is 0.774. The van der Waals surface area contributed by atoms with Gasteiger partial charge in [-0.25, -0.2) is 0 Å². The quantitative estimate of drug-likeness (QED) is 0.289. The van der Waals surface area contributed by atoms with Crippen molar-refractivity contribution in [1.29, 1.82) is 0 Å². The first-order valence-electron chi connectivity index (χ1n) is 9.52. The van der Waals surface area contributed by atoms with E-state index in [1.807, 2.05) is 78.9 Å². The van der Waals surface area contributed by atoms with Gasteiger partial charge in [-0.05, 0) is 41.3 Å². The van der Waals surface area contributed by atoms with Crippen LogP contribution in [-0.4, -0.2) is 0 Å². The Morgan fingerprint density at radius 3 is 1.72 bits per heavy atom. The standard InChI is InChI=1S/C27H21OS/c28-29(27-14-8-3-9-15-27,21-20-23-10-4-1-5-11-23)22-24-16-18-26(19-17-24)25-12-6-2-7-13-25/h1-19H,22H2/q+1. The highest BCUT2D eigenvalue weighted by molar-refractivity contribution is 8.06. The van der Waals surface area contributed by atoms with Crippen molar-refractivity contribution >= 4 is 9.93 Å². The van der Waals surface area contributed by atoms with Gasteiger partial charge in [0.25, 0.3) is 0 Å². The molecule has 0 aliphatic rings. The molecule has 0 amide bonds. The summed E-state index contributed by atoms with van der Waals surface area (Å²) in [5.74, 6) is 3.51. The lowest BCUT2D eigenvalue weighted by Crippen LogP contribution is -2.12. The molecule has 0 aliphatic heterocycles. The predicted octanol–water partition coefficient (Wildman–Crippen LogP) is 6.42. The van der Waals surface area contributed by atoms with E-state index in [-0.39, 0.29) is 0 Å². The van der Waals surface area contributed by atoms with Crippen LogP contribution in [0.15, 0.2) is 120 Å². The molecule has 0 N–H and O–H groups in total. The van der Waals surface area contributed by atoms with Crippen molar-refractivity contribution < 1.29 is 4.21 Å². The van der Waals surface area contributed by atoms with Gasteiger partial charge < -0.3 is 0 Å². The van der Waals surface area contributed by atoms with E-state index >= 15 is 0 Å². The Labute approximate surface area is 173 Å². The van der Waals surface area contributed by atoms with E-state index in [9.17, 15) is 4.21 Å². The smallest absolute Gasteiger partial charge is 0.0836 e. The van der Waals surface area contributed by atoms with E-state index in [4.69, 9.17) is 0 Å². The Morgan fingerprint density at radius 1 is 0.586 bits per heavy atom. The summed E-state index contributed by atoms with van der Waals surface area (Å²) >= 11 is 0. The summed E-state index contributed by atoms with van der Waals surface area (Å²) in [6.07, 6.45) is 0. The first-order chi connectivity index (χ1) is 14.2. The van der Waals surface area contributed by atoms with Crippen LogP contribution in [0.1, 0.15) is 11.1 Å². The Bertz CT molecular complexity index is 1170. The number of hydrogen-bond acceptors (Lipinski definition) is 1. The zero-order chi connectivity index (χ0) is 19.9. The molecule has 140 valence electrons. The van der Waals surface area contributed by atoms with E-state index in [0.29, 0.717) is 5.75 Å². The molecule has 1 nitrogen and oxygen atoms in total. The van der Waals surface area contributed by atoms with E-state index in [2.05, 4.69) is 47.6 Å². The van der Waals surface area contributed by atoms with E-state index < -0.39 is 9.93 Å². The molecule has 0 aliphatic carbocycles. The molecule has 29 heavy (non-hydrogen) atoms. The molecular formula is C27H21OS+. The minimum absolute atomic E-state index is 0.395. The summed E-state index contributed by atoms with van der Waals surface area (Å²) in [5, 5.41) is 3.10. The molecule has 0 saturated heterocycles. The van der Waals surface area contributed by atoms with Crippen molar-refractivity contribution in [2.75, 3.05) is 0 Å². The maximum atomic E-state index is 13.9. The highest BCUT2D eigenvalue weighted by atomic mass is 32.2. The Balaban J connectivity index is 1.66. The minimum atomic E-state index is -2.56. The lowest BCUT2D eigenvalue weighted by Gasteiger charge is -2.07. The van der Waals surface area contributed by atoms with Crippen LogP contribution in [0.4, 0.5) is 0 Å². The van der Waals surface area contributed by atoms with Gasteiger partial charge in [0.05, 0.1) is 0 Å². The fourth-order valence-electron chi connectivity index (χ4n) is 3.14. The molecule has 0 bridgehead atoms. The van der Waals surface area contributed by atoms with Gasteiger partial charge in [-0.3, -0.25) is 0 Å². The Hall–Kier alpha value is -3.41. The SMILES string of the molecule is O=[S+](C#Cc1ccccc1)(Cc1ccc(-c2ccccc2)cc1)c1ccccc1. The summed E-state index contributed by atoms with van der Waals surface area (Å²) < 4.78 is 13.9. The van der Waals surface area contributed by atoms with Gasteiger partial charge >= 0.3 is 0 Å². The molecule has 1 atom stereocenters.